The van der Waals surface area contributed by atoms with Crippen LogP contribution in [0.5, 0.6) is 0 Å². The van der Waals surface area contributed by atoms with Crippen LogP contribution < -0.4 is 4.57 Å². The molecule has 2 aliphatic carbocycles. The highest BCUT2D eigenvalue weighted by atomic mass is 15.2. The molecule has 0 amide bonds. The number of imidazole rings is 1. The molecule has 0 unspecified atom stereocenters. The average molecular weight is 352 g/mol. The van der Waals surface area contributed by atoms with Crippen LogP contribution in [0.2, 0.25) is 0 Å². The molecule has 0 N–H and O–H groups in total. The van der Waals surface area contributed by atoms with Gasteiger partial charge in [-0.05, 0) is 44.2 Å². The number of rotatable bonds is 3. The Morgan fingerprint density at radius 2 is 1.38 bits per heavy atom. The molecular formula is C24H35N2+. The molecule has 1 heterocycles. The maximum absolute atomic E-state index is 2.63. The smallest absolute Gasteiger partial charge is 0.233 e. The summed E-state index contributed by atoms with van der Waals surface area (Å²) < 4.78 is 5.25. The summed E-state index contributed by atoms with van der Waals surface area (Å²) in [7, 11) is 2.36. The number of hydrogen-bond acceptors (Lipinski definition) is 0. The van der Waals surface area contributed by atoms with E-state index in [2.05, 4.69) is 54.3 Å². The Balaban J connectivity index is 1.88. The molecule has 0 spiro atoms. The summed E-state index contributed by atoms with van der Waals surface area (Å²) in [6.07, 6.45) is 13.9. The third-order valence-electron chi connectivity index (χ3n) is 6.96. The van der Waals surface area contributed by atoms with Gasteiger partial charge < -0.3 is 0 Å². The van der Waals surface area contributed by atoms with Crippen LogP contribution in [0.4, 0.5) is 0 Å². The van der Waals surface area contributed by atoms with Crippen LogP contribution in [0.25, 0.3) is 5.69 Å². The monoisotopic (exact) mass is 351 g/mol. The van der Waals surface area contributed by atoms with E-state index in [0.29, 0.717) is 5.92 Å². The van der Waals surface area contributed by atoms with Crippen molar-refractivity contribution in [2.75, 3.05) is 0 Å². The summed E-state index contributed by atoms with van der Waals surface area (Å²) in [4.78, 5) is 0. The Morgan fingerprint density at radius 3 is 2.00 bits per heavy atom. The van der Waals surface area contributed by atoms with Gasteiger partial charge in [0.1, 0.15) is 17.1 Å². The summed E-state index contributed by atoms with van der Waals surface area (Å²) in [6, 6.07) is 8.95. The first-order chi connectivity index (χ1) is 12.7. The predicted octanol–water partition coefficient (Wildman–Crippen LogP) is 6.01. The van der Waals surface area contributed by atoms with Crippen molar-refractivity contribution in [2.24, 2.45) is 7.05 Å². The highest BCUT2D eigenvalue weighted by molar-refractivity contribution is 5.43. The molecule has 4 rings (SSSR count). The SMILES string of the molecule is Cc1ccccc1-n1c(C)c(C2CCCCC2)[n+](C)c1C1CCCCC1. The van der Waals surface area contributed by atoms with Gasteiger partial charge in [-0.1, -0.05) is 56.7 Å². The molecule has 0 atom stereocenters. The predicted molar refractivity (Wildman–Crippen MR) is 108 cm³/mol. The van der Waals surface area contributed by atoms with Crippen LogP contribution in [0.1, 0.15) is 98.8 Å². The maximum Gasteiger partial charge on any atom is 0.265 e. The lowest BCUT2D eigenvalue weighted by molar-refractivity contribution is -0.689. The Morgan fingerprint density at radius 1 is 0.808 bits per heavy atom. The van der Waals surface area contributed by atoms with Crippen molar-refractivity contribution in [3.8, 4) is 5.69 Å². The van der Waals surface area contributed by atoms with Gasteiger partial charge in [0, 0.05) is 12.8 Å². The molecule has 140 valence electrons. The second kappa shape index (κ2) is 7.58. The van der Waals surface area contributed by atoms with Crippen molar-refractivity contribution in [1.82, 2.24) is 4.57 Å². The van der Waals surface area contributed by atoms with Gasteiger partial charge in [0.05, 0.1) is 13.0 Å². The second-order valence-corrected chi connectivity index (χ2v) is 8.68. The summed E-state index contributed by atoms with van der Waals surface area (Å²) >= 11 is 0. The number of aryl methyl sites for hydroxylation is 1. The molecule has 1 aromatic heterocycles. The molecule has 26 heavy (non-hydrogen) atoms. The van der Waals surface area contributed by atoms with E-state index in [1.807, 2.05) is 0 Å². The zero-order valence-electron chi connectivity index (χ0n) is 16.9. The van der Waals surface area contributed by atoms with E-state index in [4.69, 9.17) is 0 Å². The minimum atomic E-state index is 0.712. The van der Waals surface area contributed by atoms with Crippen molar-refractivity contribution >= 4 is 0 Å². The van der Waals surface area contributed by atoms with E-state index in [9.17, 15) is 0 Å². The minimum absolute atomic E-state index is 0.712. The average Bonchev–Trinajstić information content (AvgIpc) is 2.94. The molecule has 1 aromatic carbocycles. The highest BCUT2D eigenvalue weighted by Gasteiger charge is 2.37. The molecule has 2 aliphatic rings. The second-order valence-electron chi connectivity index (χ2n) is 8.68. The van der Waals surface area contributed by atoms with Crippen molar-refractivity contribution in [3.05, 3.63) is 47.0 Å². The fraction of sp³-hybridized carbons (Fsp3) is 0.625. The fourth-order valence-electron chi connectivity index (χ4n) is 5.68. The van der Waals surface area contributed by atoms with Gasteiger partial charge in [0.15, 0.2) is 0 Å². The molecule has 2 saturated carbocycles. The summed E-state index contributed by atoms with van der Waals surface area (Å²) in [5, 5.41) is 0. The molecule has 0 radical (unpaired) electrons. The molecule has 2 heteroatoms. The molecule has 0 aliphatic heterocycles. The van der Waals surface area contributed by atoms with Crippen molar-refractivity contribution in [2.45, 2.75) is 89.9 Å². The van der Waals surface area contributed by atoms with Crippen molar-refractivity contribution in [1.29, 1.82) is 0 Å². The normalized spacial score (nSPS) is 19.8. The number of nitrogens with zero attached hydrogens (tertiary/aromatic N) is 2. The van der Waals surface area contributed by atoms with Gasteiger partial charge in [-0.25, -0.2) is 4.57 Å². The van der Waals surface area contributed by atoms with Gasteiger partial charge >= 0.3 is 0 Å². The van der Waals surface area contributed by atoms with Gasteiger partial charge in [-0.2, -0.15) is 4.57 Å². The fourth-order valence-corrected chi connectivity index (χ4v) is 5.68. The van der Waals surface area contributed by atoms with Crippen LogP contribution in [-0.4, -0.2) is 4.57 Å². The van der Waals surface area contributed by atoms with Crippen LogP contribution in [-0.2, 0) is 7.05 Å². The largest absolute Gasteiger partial charge is 0.265 e. The van der Waals surface area contributed by atoms with E-state index < -0.39 is 0 Å². The molecule has 0 bridgehead atoms. The Hall–Kier alpha value is -1.57. The first-order valence-electron chi connectivity index (χ1n) is 10.9. The van der Waals surface area contributed by atoms with E-state index in [1.165, 1.54) is 81.2 Å². The molecule has 2 fully saturated rings. The zero-order valence-corrected chi connectivity index (χ0v) is 16.9. The highest BCUT2D eigenvalue weighted by Crippen LogP contribution is 2.38. The quantitative estimate of drug-likeness (QED) is 0.598. The van der Waals surface area contributed by atoms with Crippen molar-refractivity contribution < 1.29 is 4.57 Å². The molecular weight excluding hydrogens is 316 g/mol. The van der Waals surface area contributed by atoms with Crippen molar-refractivity contribution in [3.63, 3.8) is 0 Å². The third kappa shape index (κ3) is 3.12. The van der Waals surface area contributed by atoms with Gasteiger partial charge in [0.2, 0.25) is 0 Å². The standard InChI is InChI=1S/C24H35N2/c1-18-12-10-11-17-22(18)26-19(2)23(20-13-6-4-7-14-20)25(3)24(26)21-15-8-5-9-16-21/h10-12,17,20-21H,4-9,13-16H2,1-3H3/q+1. The lowest BCUT2D eigenvalue weighted by Gasteiger charge is -2.21. The summed E-state index contributed by atoms with van der Waals surface area (Å²) in [5.74, 6) is 3.03. The van der Waals surface area contributed by atoms with E-state index in [0.717, 1.165) is 5.92 Å². The third-order valence-corrected chi connectivity index (χ3v) is 6.96. The van der Waals surface area contributed by atoms with E-state index in [-0.39, 0.29) is 0 Å². The Labute approximate surface area is 159 Å². The van der Waals surface area contributed by atoms with E-state index >= 15 is 0 Å². The van der Waals surface area contributed by atoms with Gasteiger partial charge in [0.25, 0.3) is 5.82 Å². The number of aromatic nitrogens is 2. The molecule has 0 saturated heterocycles. The summed E-state index contributed by atoms with van der Waals surface area (Å²) in [6.45, 7) is 4.64. The summed E-state index contributed by atoms with van der Waals surface area (Å²) in [5.41, 5.74) is 5.89. The lowest BCUT2D eigenvalue weighted by atomic mass is 9.86. The topological polar surface area (TPSA) is 8.81 Å². The van der Waals surface area contributed by atoms with Crippen LogP contribution in [0.3, 0.4) is 0 Å². The van der Waals surface area contributed by atoms with Crippen LogP contribution >= 0.6 is 0 Å². The van der Waals surface area contributed by atoms with E-state index in [1.54, 1.807) is 11.5 Å². The molecule has 2 nitrogen and oxygen atoms in total. The minimum Gasteiger partial charge on any atom is -0.233 e. The number of benzene rings is 1. The Bertz CT molecular complexity index is 759. The van der Waals surface area contributed by atoms with Crippen LogP contribution in [0.15, 0.2) is 24.3 Å². The van der Waals surface area contributed by atoms with Gasteiger partial charge in [-0.15, -0.1) is 0 Å². The Kier molecular flexibility index (Phi) is 5.20. The lowest BCUT2D eigenvalue weighted by Crippen LogP contribution is -2.39. The maximum atomic E-state index is 2.63. The zero-order chi connectivity index (χ0) is 18.1. The number of hydrogen-bond donors (Lipinski definition) is 0. The number of para-hydroxylation sites is 1. The van der Waals surface area contributed by atoms with Gasteiger partial charge in [-0.3, -0.25) is 0 Å². The van der Waals surface area contributed by atoms with Crippen LogP contribution in [0, 0.1) is 13.8 Å². The first kappa shape index (κ1) is 17.8. The first-order valence-corrected chi connectivity index (χ1v) is 10.9. The molecule has 2 aromatic rings.